The van der Waals surface area contributed by atoms with Crippen LogP contribution in [0.1, 0.15) is 52.0 Å². The Balaban J connectivity index is 1.49. The number of aryl methyl sites for hydroxylation is 1. The summed E-state index contributed by atoms with van der Waals surface area (Å²) in [4.78, 5) is 0. The first-order chi connectivity index (χ1) is 9.93. The molecule has 3 atom stereocenters. The molecule has 2 aliphatic rings. The fourth-order valence-electron chi connectivity index (χ4n) is 4.63. The lowest BCUT2D eigenvalue weighted by atomic mass is 9.70. The molecule has 2 fully saturated rings. The molecule has 0 aliphatic heterocycles. The molecule has 2 N–H and O–H groups in total. The van der Waals surface area contributed by atoms with Crippen molar-refractivity contribution >= 4 is 5.69 Å². The Morgan fingerprint density at radius 3 is 2.71 bits per heavy atom. The number of ether oxygens (including phenoxy) is 1. The zero-order valence-electron chi connectivity index (χ0n) is 13.7. The lowest BCUT2D eigenvalue weighted by Gasteiger charge is -2.39. The van der Waals surface area contributed by atoms with Crippen LogP contribution in [-0.4, -0.2) is 12.7 Å². The molecular weight excluding hydrogens is 258 g/mol. The minimum absolute atomic E-state index is 0.384. The van der Waals surface area contributed by atoms with E-state index in [2.05, 4.69) is 32.9 Å². The molecule has 0 amide bonds. The molecule has 0 radical (unpaired) electrons. The van der Waals surface area contributed by atoms with Crippen LogP contribution >= 0.6 is 0 Å². The first-order valence-corrected chi connectivity index (χ1v) is 8.39. The number of nitrogens with two attached hydrogens (primary N) is 1. The van der Waals surface area contributed by atoms with Crippen LogP contribution in [0.4, 0.5) is 5.69 Å². The number of fused-ring (bicyclic) bond motifs is 2. The fraction of sp³-hybridized carbons (Fsp3) is 0.684. The van der Waals surface area contributed by atoms with Crippen molar-refractivity contribution < 1.29 is 4.74 Å². The highest BCUT2D eigenvalue weighted by molar-refractivity contribution is 5.40. The van der Waals surface area contributed by atoms with Gasteiger partial charge in [-0.3, -0.25) is 0 Å². The Labute approximate surface area is 129 Å². The van der Waals surface area contributed by atoms with Gasteiger partial charge in [-0.05, 0) is 66.5 Å². The van der Waals surface area contributed by atoms with Crippen molar-refractivity contribution in [3.63, 3.8) is 0 Å². The number of hydrogen-bond donors (Lipinski definition) is 1. The molecule has 2 heteroatoms. The van der Waals surface area contributed by atoms with E-state index in [0.717, 1.165) is 31.1 Å². The quantitative estimate of drug-likeness (QED) is 0.642. The largest absolute Gasteiger partial charge is 0.399 e. The molecule has 0 heterocycles. The Morgan fingerprint density at radius 1 is 1.29 bits per heavy atom. The minimum Gasteiger partial charge on any atom is -0.399 e. The molecule has 2 saturated carbocycles. The Morgan fingerprint density at radius 2 is 2.10 bits per heavy atom. The third-order valence-corrected chi connectivity index (χ3v) is 6.59. The first kappa shape index (κ1) is 14.9. The second-order valence-electron chi connectivity index (χ2n) is 7.82. The van der Waals surface area contributed by atoms with Crippen LogP contribution in [0.3, 0.4) is 0 Å². The van der Waals surface area contributed by atoms with E-state index in [1.165, 1.54) is 24.8 Å². The Hall–Kier alpha value is -1.02. The van der Waals surface area contributed by atoms with Crippen molar-refractivity contribution in [1.82, 2.24) is 0 Å². The van der Waals surface area contributed by atoms with Crippen LogP contribution in [0.5, 0.6) is 0 Å². The van der Waals surface area contributed by atoms with Gasteiger partial charge in [-0.15, -0.1) is 0 Å². The van der Waals surface area contributed by atoms with Gasteiger partial charge in [-0.25, -0.2) is 0 Å². The summed E-state index contributed by atoms with van der Waals surface area (Å²) in [6.45, 7) is 8.21. The molecule has 0 aromatic heterocycles. The molecule has 2 nitrogen and oxygen atoms in total. The summed E-state index contributed by atoms with van der Waals surface area (Å²) in [6, 6.07) is 8.20. The maximum atomic E-state index is 6.30. The van der Waals surface area contributed by atoms with E-state index in [1.54, 1.807) is 0 Å². The van der Waals surface area contributed by atoms with Crippen LogP contribution in [0.25, 0.3) is 0 Å². The van der Waals surface area contributed by atoms with E-state index in [9.17, 15) is 0 Å². The highest BCUT2D eigenvalue weighted by atomic mass is 16.5. The predicted molar refractivity (Wildman–Crippen MR) is 88.1 cm³/mol. The molecule has 1 aromatic carbocycles. The van der Waals surface area contributed by atoms with Crippen molar-refractivity contribution in [2.75, 3.05) is 12.3 Å². The maximum absolute atomic E-state index is 6.30. The molecule has 3 unspecified atom stereocenters. The number of benzene rings is 1. The molecule has 0 spiro atoms. The number of anilines is 1. The van der Waals surface area contributed by atoms with Gasteiger partial charge in [0.05, 0.1) is 6.10 Å². The summed E-state index contributed by atoms with van der Waals surface area (Å²) >= 11 is 0. The van der Waals surface area contributed by atoms with Gasteiger partial charge in [-0.2, -0.15) is 0 Å². The lowest BCUT2D eigenvalue weighted by Crippen LogP contribution is -2.37. The highest BCUT2D eigenvalue weighted by Crippen LogP contribution is 2.66. The second-order valence-corrected chi connectivity index (χ2v) is 7.82. The normalized spacial score (nSPS) is 33.5. The van der Waals surface area contributed by atoms with E-state index in [4.69, 9.17) is 10.5 Å². The van der Waals surface area contributed by atoms with Gasteiger partial charge in [0.25, 0.3) is 0 Å². The van der Waals surface area contributed by atoms with E-state index in [1.807, 2.05) is 12.1 Å². The number of hydrogen-bond acceptors (Lipinski definition) is 2. The van der Waals surface area contributed by atoms with Crippen LogP contribution in [0.2, 0.25) is 0 Å². The van der Waals surface area contributed by atoms with Crippen molar-refractivity contribution in [2.24, 2.45) is 16.7 Å². The third kappa shape index (κ3) is 2.48. The molecule has 1 aromatic rings. The average Bonchev–Trinajstić information content (AvgIpc) is 2.76. The van der Waals surface area contributed by atoms with Gasteiger partial charge < -0.3 is 10.5 Å². The molecule has 2 bridgehead atoms. The van der Waals surface area contributed by atoms with Gasteiger partial charge >= 0.3 is 0 Å². The SMILES string of the molecule is CC1(C)C2CCC1(C)C(OCCCc1cccc(N)c1)C2. The smallest absolute Gasteiger partial charge is 0.0636 e. The van der Waals surface area contributed by atoms with E-state index < -0.39 is 0 Å². The molecule has 0 saturated heterocycles. The van der Waals surface area contributed by atoms with E-state index >= 15 is 0 Å². The molecule has 116 valence electrons. The van der Waals surface area contributed by atoms with Crippen LogP contribution < -0.4 is 5.73 Å². The number of rotatable bonds is 5. The fourth-order valence-corrected chi connectivity index (χ4v) is 4.63. The van der Waals surface area contributed by atoms with E-state index in [0.29, 0.717) is 16.9 Å². The van der Waals surface area contributed by atoms with Gasteiger partial charge in [0.1, 0.15) is 0 Å². The first-order valence-electron chi connectivity index (χ1n) is 8.39. The zero-order valence-corrected chi connectivity index (χ0v) is 13.7. The molecule has 2 aliphatic carbocycles. The van der Waals surface area contributed by atoms with Crippen molar-refractivity contribution in [3.05, 3.63) is 29.8 Å². The summed E-state index contributed by atoms with van der Waals surface area (Å²) in [5.74, 6) is 0.862. The van der Waals surface area contributed by atoms with Gasteiger partial charge in [0.15, 0.2) is 0 Å². The maximum Gasteiger partial charge on any atom is 0.0636 e. The Kier molecular flexibility index (Phi) is 3.77. The molecule has 3 rings (SSSR count). The standard InChI is InChI=1S/C19H29NO/c1-18(2)15-9-10-19(18,3)17(13-15)21-11-5-7-14-6-4-8-16(20)12-14/h4,6,8,12,15,17H,5,7,9-11,13,20H2,1-3H3. The molecular formula is C19H29NO. The summed E-state index contributed by atoms with van der Waals surface area (Å²) in [5.41, 5.74) is 8.83. The summed E-state index contributed by atoms with van der Waals surface area (Å²) in [7, 11) is 0. The molecule has 21 heavy (non-hydrogen) atoms. The second kappa shape index (κ2) is 5.31. The zero-order chi connectivity index (χ0) is 15.1. The predicted octanol–water partition coefficient (Wildman–Crippen LogP) is 4.43. The van der Waals surface area contributed by atoms with Crippen LogP contribution in [0, 0.1) is 16.7 Å². The van der Waals surface area contributed by atoms with Gasteiger partial charge in [-0.1, -0.05) is 32.9 Å². The minimum atomic E-state index is 0.384. The van der Waals surface area contributed by atoms with E-state index in [-0.39, 0.29) is 0 Å². The van der Waals surface area contributed by atoms with Gasteiger partial charge in [0.2, 0.25) is 0 Å². The number of nitrogen functional groups attached to an aromatic ring is 1. The topological polar surface area (TPSA) is 35.2 Å². The summed E-state index contributed by atoms with van der Waals surface area (Å²) < 4.78 is 6.30. The Bertz CT molecular complexity index is 510. The highest BCUT2D eigenvalue weighted by Gasteiger charge is 2.61. The van der Waals surface area contributed by atoms with Gasteiger partial charge in [0, 0.05) is 12.3 Å². The average molecular weight is 287 g/mol. The monoisotopic (exact) mass is 287 g/mol. The third-order valence-electron chi connectivity index (χ3n) is 6.59. The summed E-state index contributed by atoms with van der Waals surface area (Å²) in [5, 5.41) is 0. The summed E-state index contributed by atoms with van der Waals surface area (Å²) in [6.07, 6.45) is 6.61. The van der Waals surface area contributed by atoms with Crippen molar-refractivity contribution in [1.29, 1.82) is 0 Å². The van der Waals surface area contributed by atoms with Crippen LogP contribution in [-0.2, 0) is 11.2 Å². The lowest BCUT2D eigenvalue weighted by molar-refractivity contribution is -0.0470. The van der Waals surface area contributed by atoms with Crippen molar-refractivity contribution in [2.45, 2.75) is 59.0 Å². The van der Waals surface area contributed by atoms with Crippen molar-refractivity contribution in [3.8, 4) is 0 Å². The van der Waals surface area contributed by atoms with Crippen LogP contribution in [0.15, 0.2) is 24.3 Å².